The number of rotatable bonds is 11. The maximum Gasteiger partial charge on any atom is 0.233 e. The molecule has 0 unspecified atom stereocenters. The molecule has 3 aromatic rings. The molecule has 32 heavy (non-hydrogen) atoms. The van der Waals surface area contributed by atoms with Gasteiger partial charge in [-0.3, -0.25) is 10.1 Å². The predicted octanol–water partition coefficient (Wildman–Crippen LogP) is 6.46. The van der Waals surface area contributed by atoms with Crippen molar-refractivity contribution in [3.05, 3.63) is 46.7 Å². The van der Waals surface area contributed by atoms with Crippen LogP contribution in [0.5, 0.6) is 0 Å². The fourth-order valence-corrected chi connectivity index (χ4v) is 4.62. The molecule has 0 saturated heterocycles. The molecule has 0 saturated carbocycles. The van der Waals surface area contributed by atoms with Gasteiger partial charge in [0.1, 0.15) is 11.6 Å². The zero-order valence-corrected chi connectivity index (χ0v) is 21.0. The largest absolute Gasteiger partial charge is 0.300 e. The molecule has 6 nitrogen and oxygen atoms in total. The minimum absolute atomic E-state index is 0.280. The van der Waals surface area contributed by atoms with Crippen LogP contribution in [0.25, 0.3) is 0 Å². The summed E-state index contributed by atoms with van der Waals surface area (Å²) in [6.45, 7) is 10.6. The number of aromatic nitrogens is 4. The van der Waals surface area contributed by atoms with Crippen molar-refractivity contribution in [3.8, 4) is 0 Å². The van der Waals surface area contributed by atoms with Crippen molar-refractivity contribution in [1.29, 1.82) is 0 Å². The third-order valence-corrected chi connectivity index (χ3v) is 6.71. The number of Topliss-reactive ketones (excluding diaryl/α,β-unsaturated/α-hetero) is 1. The van der Waals surface area contributed by atoms with Crippen LogP contribution in [0, 0.1) is 5.92 Å². The van der Waals surface area contributed by atoms with Crippen molar-refractivity contribution >= 4 is 40.0 Å². The Morgan fingerprint density at radius 3 is 2.47 bits per heavy atom. The van der Waals surface area contributed by atoms with Gasteiger partial charge in [0.15, 0.2) is 10.3 Å². The number of anilines is 2. The van der Waals surface area contributed by atoms with Gasteiger partial charge in [0.05, 0.1) is 0 Å². The molecule has 8 heteroatoms. The Kier molecular flexibility index (Phi) is 8.75. The maximum absolute atomic E-state index is 11.9. The first-order chi connectivity index (χ1) is 15.3. The van der Waals surface area contributed by atoms with Gasteiger partial charge in [-0.05, 0) is 47.7 Å². The Hall–Kier alpha value is -2.32. The van der Waals surface area contributed by atoms with Crippen LogP contribution < -0.4 is 5.32 Å². The first kappa shape index (κ1) is 24.3. The molecule has 2 heterocycles. The predicted molar refractivity (Wildman–Crippen MR) is 132 cm³/mol. The SMILES string of the molecule is CCCC(=O)Cc1ccc(Sc2nc(CC(C)C)nc(Nc3ncc(C(C)C)s3)n2)cc1. The molecule has 170 valence electrons. The molecule has 0 aliphatic rings. The van der Waals surface area contributed by atoms with E-state index in [0.717, 1.165) is 34.3 Å². The number of hydrogen-bond donors (Lipinski definition) is 1. The van der Waals surface area contributed by atoms with Crippen molar-refractivity contribution in [2.45, 2.75) is 76.3 Å². The molecule has 3 rings (SSSR count). The summed E-state index contributed by atoms with van der Waals surface area (Å²) in [4.78, 5) is 32.5. The molecule has 0 aliphatic heterocycles. The lowest BCUT2D eigenvalue weighted by molar-refractivity contribution is -0.118. The van der Waals surface area contributed by atoms with Crippen LogP contribution in [0.15, 0.2) is 40.5 Å². The number of hydrogen-bond acceptors (Lipinski definition) is 8. The lowest BCUT2D eigenvalue weighted by Crippen LogP contribution is -2.07. The van der Waals surface area contributed by atoms with Gasteiger partial charge < -0.3 is 0 Å². The van der Waals surface area contributed by atoms with Gasteiger partial charge in [0.2, 0.25) is 5.95 Å². The average Bonchev–Trinajstić information content (AvgIpc) is 3.18. The summed E-state index contributed by atoms with van der Waals surface area (Å²) in [6.07, 6.45) is 4.69. The molecule has 0 bridgehead atoms. The fourth-order valence-electron chi connectivity index (χ4n) is 3.04. The van der Waals surface area contributed by atoms with Gasteiger partial charge in [0.25, 0.3) is 0 Å². The summed E-state index contributed by atoms with van der Waals surface area (Å²) in [7, 11) is 0. The molecule has 0 spiro atoms. The number of ketones is 1. The zero-order valence-electron chi connectivity index (χ0n) is 19.4. The highest BCUT2D eigenvalue weighted by molar-refractivity contribution is 7.99. The number of nitrogens with zero attached hydrogens (tertiary/aromatic N) is 4. The van der Waals surface area contributed by atoms with E-state index in [1.165, 1.54) is 16.6 Å². The topological polar surface area (TPSA) is 80.7 Å². The summed E-state index contributed by atoms with van der Waals surface area (Å²) >= 11 is 3.12. The number of carbonyl (C=O) groups excluding carboxylic acids is 1. The van der Waals surface area contributed by atoms with Crippen molar-refractivity contribution in [2.75, 3.05) is 5.32 Å². The first-order valence-corrected chi connectivity index (χ1v) is 12.7. The average molecular weight is 470 g/mol. The lowest BCUT2D eigenvalue weighted by atomic mass is 10.1. The Labute approximate surface area is 198 Å². The molecule has 0 radical (unpaired) electrons. The Bertz CT molecular complexity index is 1030. The third-order valence-electron chi connectivity index (χ3n) is 4.63. The summed E-state index contributed by atoms with van der Waals surface area (Å²) in [5.41, 5.74) is 1.04. The van der Waals surface area contributed by atoms with Crippen LogP contribution in [0.2, 0.25) is 0 Å². The molecule has 0 aliphatic carbocycles. The highest BCUT2D eigenvalue weighted by Crippen LogP contribution is 2.29. The van der Waals surface area contributed by atoms with E-state index in [-0.39, 0.29) is 5.78 Å². The highest BCUT2D eigenvalue weighted by Gasteiger charge is 2.13. The number of carbonyl (C=O) groups is 1. The minimum atomic E-state index is 0.280. The standard InChI is InChI=1S/C24H31N5OS2/c1-6-7-18(30)13-17-8-10-19(11-9-17)31-24-27-21(12-15(2)3)26-22(29-24)28-23-25-14-20(32-23)16(4)5/h8-11,14-16H,6-7,12-13H2,1-5H3,(H,25,26,27,28,29). The Morgan fingerprint density at radius 1 is 1.09 bits per heavy atom. The number of benzene rings is 1. The molecule has 0 fully saturated rings. The van der Waals surface area contributed by atoms with Gasteiger partial charge in [-0.25, -0.2) is 9.97 Å². The summed E-state index contributed by atoms with van der Waals surface area (Å²) in [5.74, 6) is 2.44. The first-order valence-electron chi connectivity index (χ1n) is 11.1. The monoisotopic (exact) mass is 469 g/mol. The summed E-state index contributed by atoms with van der Waals surface area (Å²) in [6, 6.07) is 8.06. The Balaban J connectivity index is 1.77. The fraction of sp³-hybridized carbons (Fsp3) is 0.458. The second-order valence-corrected chi connectivity index (χ2v) is 10.6. The summed E-state index contributed by atoms with van der Waals surface area (Å²) < 4.78 is 0. The van der Waals surface area contributed by atoms with Crippen LogP contribution in [0.4, 0.5) is 11.1 Å². The minimum Gasteiger partial charge on any atom is -0.300 e. The van der Waals surface area contributed by atoms with E-state index < -0.39 is 0 Å². The van der Waals surface area contributed by atoms with Crippen molar-refractivity contribution in [3.63, 3.8) is 0 Å². The van der Waals surface area contributed by atoms with E-state index in [9.17, 15) is 4.79 Å². The third kappa shape index (κ3) is 7.38. The number of thiazole rings is 1. The second-order valence-electron chi connectivity index (χ2n) is 8.51. The molecule has 1 aromatic carbocycles. The second kappa shape index (κ2) is 11.5. The van der Waals surface area contributed by atoms with Crippen LogP contribution >= 0.6 is 23.1 Å². The highest BCUT2D eigenvalue weighted by atomic mass is 32.2. The number of nitrogens with one attached hydrogen (secondary N) is 1. The smallest absolute Gasteiger partial charge is 0.233 e. The molecule has 2 aromatic heterocycles. The van der Waals surface area contributed by atoms with Gasteiger partial charge in [-0.2, -0.15) is 9.97 Å². The van der Waals surface area contributed by atoms with Gasteiger partial charge in [0, 0.05) is 35.2 Å². The van der Waals surface area contributed by atoms with E-state index in [1.807, 2.05) is 37.4 Å². The van der Waals surface area contributed by atoms with Crippen molar-refractivity contribution in [1.82, 2.24) is 19.9 Å². The van der Waals surface area contributed by atoms with Crippen LogP contribution in [-0.4, -0.2) is 25.7 Å². The quantitative estimate of drug-likeness (QED) is 0.345. The molecule has 0 atom stereocenters. The Morgan fingerprint density at radius 2 is 1.84 bits per heavy atom. The molecular weight excluding hydrogens is 438 g/mol. The van der Waals surface area contributed by atoms with Crippen molar-refractivity contribution < 1.29 is 4.79 Å². The molecular formula is C24H31N5OS2. The van der Waals surface area contributed by atoms with E-state index in [1.54, 1.807) is 11.3 Å². The van der Waals surface area contributed by atoms with Gasteiger partial charge >= 0.3 is 0 Å². The van der Waals surface area contributed by atoms with Gasteiger partial charge in [-0.1, -0.05) is 46.8 Å². The zero-order chi connectivity index (χ0) is 23.1. The lowest BCUT2D eigenvalue weighted by Gasteiger charge is -2.09. The molecule has 0 amide bonds. The summed E-state index contributed by atoms with van der Waals surface area (Å²) in [5, 5.41) is 4.69. The van der Waals surface area contributed by atoms with Crippen LogP contribution in [-0.2, 0) is 17.6 Å². The molecule has 1 N–H and O–H groups in total. The van der Waals surface area contributed by atoms with Crippen LogP contribution in [0.1, 0.15) is 69.6 Å². The van der Waals surface area contributed by atoms with E-state index in [4.69, 9.17) is 0 Å². The normalized spacial score (nSPS) is 11.3. The van der Waals surface area contributed by atoms with E-state index >= 15 is 0 Å². The van der Waals surface area contributed by atoms with Crippen molar-refractivity contribution in [2.24, 2.45) is 5.92 Å². The van der Waals surface area contributed by atoms with Gasteiger partial charge in [-0.15, -0.1) is 11.3 Å². The van der Waals surface area contributed by atoms with Crippen LogP contribution in [0.3, 0.4) is 0 Å². The van der Waals surface area contributed by atoms with E-state index in [2.05, 4.69) is 52.9 Å². The maximum atomic E-state index is 11.9. The van der Waals surface area contributed by atoms with E-state index in [0.29, 0.717) is 35.8 Å².